The van der Waals surface area contributed by atoms with Crippen LogP contribution in [0.3, 0.4) is 0 Å². The van der Waals surface area contributed by atoms with Gasteiger partial charge in [-0.2, -0.15) is 0 Å². The first-order valence-corrected chi connectivity index (χ1v) is 8.23. The maximum atomic E-state index is 12.3. The van der Waals surface area contributed by atoms with Gasteiger partial charge in [0.2, 0.25) is 0 Å². The highest BCUT2D eigenvalue weighted by atomic mass is 35.5. The van der Waals surface area contributed by atoms with Gasteiger partial charge in [0.25, 0.3) is 5.91 Å². The third-order valence-electron chi connectivity index (χ3n) is 3.68. The molecule has 0 heterocycles. The zero-order valence-corrected chi connectivity index (χ0v) is 15.5. The topological polar surface area (TPSA) is 56.8 Å². The van der Waals surface area contributed by atoms with Gasteiger partial charge in [-0.25, -0.2) is 0 Å². The molecule has 1 N–H and O–H groups in total. The smallest absolute Gasteiger partial charge is 0.261 e. The van der Waals surface area contributed by atoms with Crippen molar-refractivity contribution in [2.24, 2.45) is 0 Å². The Balaban J connectivity index is 1.99. The molecule has 1 amide bonds. The van der Waals surface area contributed by atoms with Crippen LogP contribution in [0.2, 0.25) is 5.02 Å². The van der Waals surface area contributed by atoms with Crippen LogP contribution in [0.1, 0.15) is 18.1 Å². The van der Waals surface area contributed by atoms with E-state index in [1.54, 1.807) is 33.3 Å². The summed E-state index contributed by atoms with van der Waals surface area (Å²) in [7, 11) is 3.09. The summed E-state index contributed by atoms with van der Waals surface area (Å²) < 4.78 is 16.1. The zero-order valence-electron chi connectivity index (χ0n) is 14.8. The van der Waals surface area contributed by atoms with Crippen LogP contribution in [0.15, 0.2) is 36.4 Å². The third kappa shape index (κ3) is 5.03. The molecule has 0 spiro atoms. The summed E-state index contributed by atoms with van der Waals surface area (Å²) in [6.07, 6.45) is -0.624. The number of hydrogen-bond donors (Lipinski definition) is 1. The Labute approximate surface area is 152 Å². The van der Waals surface area contributed by atoms with Crippen LogP contribution < -0.4 is 19.5 Å². The van der Waals surface area contributed by atoms with Crippen LogP contribution in [0, 0.1) is 6.92 Å². The van der Waals surface area contributed by atoms with Crippen molar-refractivity contribution in [1.29, 1.82) is 0 Å². The molecule has 2 rings (SSSR count). The van der Waals surface area contributed by atoms with Gasteiger partial charge in [0, 0.05) is 17.6 Å². The minimum absolute atomic E-state index is 0.229. The Morgan fingerprint density at radius 2 is 1.84 bits per heavy atom. The van der Waals surface area contributed by atoms with Gasteiger partial charge < -0.3 is 19.5 Å². The predicted molar refractivity (Wildman–Crippen MR) is 97.7 cm³/mol. The van der Waals surface area contributed by atoms with Gasteiger partial charge in [0.15, 0.2) is 17.6 Å². The minimum Gasteiger partial charge on any atom is -0.493 e. The monoisotopic (exact) mass is 363 g/mol. The van der Waals surface area contributed by atoms with Crippen LogP contribution in [-0.2, 0) is 11.3 Å². The molecule has 0 saturated heterocycles. The van der Waals surface area contributed by atoms with Gasteiger partial charge in [-0.1, -0.05) is 23.7 Å². The second kappa shape index (κ2) is 8.62. The minimum atomic E-state index is -0.624. The van der Waals surface area contributed by atoms with E-state index in [1.807, 2.05) is 31.2 Å². The summed E-state index contributed by atoms with van der Waals surface area (Å²) in [6, 6.07) is 11.0. The van der Waals surface area contributed by atoms with Crippen LogP contribution in [0.5, 0.6) is 17.2 Å². The molecule has 6 heteroatoms. The van der Waals surface area contributed by atoms with Crippen molar-refractivity contribution in [2.75, 3.05) is 14.2 Å². The molecule has 2 aromatic rings. The fraction of sp³-hybridized carbons (Fsp3) is 0.316. The number of benzene rings is 2. The molecule has 0 saturated carbocycles. The van der Waals surface area contributed by atoms with Crippen molar-refractivity contribution in [3.63, 3.8) is 0 Å². The van der Waals surface area contributed by atoms with Crippen molar-refractivity contribution < 1.29 is 19.0 Å². The standard InChI is InChI=1S/C19H22ClNO4/c1-12-6-5-7-15(8-12)25-13(2)19(22)21-11-14-9-17(23-3)18(24-4)10-16(14)20/h5-10,13H,11H2,1-4H3,(H,21,22). The van der Waals surface area contributed by atoms with E-state index in [2.05, 4.69) is 5.32 Å². The third-order valence-corrected chi connectivity index (χ3v) is 4.03. The number of aryl methyl sites for hydroxylation is 1. The van der Waals surface area contributed by atoms with E-state index in [9.17, 15) is 4.79 Å². The van der Waals surface area contributed by atoms with E-state index in [0.29, 0.717) is 22.3 Å². The van der Waals surface area contributed by atoms with Crippen molar-refractivity contribution in [3.8, 4) is 17.2 Å². The van der Waals surface area contributed by atoms with Crippen molar-refractivity contribution in [2.45, 2.75) is 26.5 Å². The van der Waals surface area contributed by atoms with Crippen molar-refractivity contribution >= 4 is 17.5 Å². The lowest BCUT2D eigenvalue weighted by atomic mass is 10.2. The maximum absolute atomic E-state index is 12.3. The zero-order chi connectivity index (χ0) is 18.4. The molecule has 1 atom stereocenters. The second-order valence-electron chi connectivity index (χ2n) is 5.59. The van der Waals surface area contributed by atoms with E-state index >= 15 is 0 Å². The average Bonchev–Trinajstić information content (AvgIpc) is 2.60. The summed E-state index contributed by atoms with van der Waals surface area (Å²) in [5.74, 6) is 1.53. The van der Waals surface area contributed by atoms with Gasteiger partial charge in [-0.05, 0) is 43.2 Å². The second-order valence-corrected chi connectivity index (χ2v) is 6.00. The summed E-state index contributed by atoms with van der Waals surface area (Å²) in [5.41, 5.74) is 1.80. The normalized spacial score (nSPS) is 11.6. The number of carbonyl (C=O) groups excluding carboxylic acids is 1. The van der Waals surface area contributed by atoms with Crippen LogP contribution in [-0.4, -0.2) is 26.2 Å². The SMILES string of the molecule is COc1cc(Cl)c(CNC(=O)C(C)Oc2cccc(C)c2)cc1OC. The highest BCUT2D eigenvalue weighted by Crippen LogP contribution is 2.33. The Bertz CT molecular complexity index is 748. The summed E-state index contributed by atoms with van der Waals surface area (Å²) in [5, 5.41) is 3.31. The molecule has 0 bridgehead atoms. The highest BCUT2D eigenvalue weighted by Gasteiger charge is 2.16. The first-order valence-electron chi connectivity index (χ1n) is 7.86. The molecule has 134 valence electrons. The summed E-state index contributed by atoms with van der Waals surface area (Å²) >= 11 is 6.23. The first kappa shape index (κ1) is 18.9. The van der Waals surface area contributed by atoms with Crippen LogP contribution in [0.4, 0.5) is 0 Å². The van der Waals surface area contributed by atoms with Crippen molar-refractivity contribution in [1.82, 2.24) is 5.32 Å². The Morgan fingerprint density at radius 1 is 1.16 bits per heavy atom. The number of carbonyl (C=O) groups is 1. The molecule has 25 heavy (non-hydrogen) atoms. The van der Waals surface area contributed by atoms with Crippen molar-refractivity contribution in [3.05, 3.63) is 52.5 Å². The molecule has 1 unspecified atom stereocenters. The fourth-order valence-electron chi connectivity index (χ4n) is 2.30. The molecule has 0 aromatic heterocycles. The number of halogens is 1. The number of hydrogen-bond acceptors (Lipinski definition) is 4. The Morgan fingerprint density at radius 3 is 2.48 bits per heavy atom. The maximum Gasteiger partial charge on any atom is 0.261 e. The van der Waals surface area contributed by atoms with E-state index in [1.165, 1.54) is 0 Å². The average molecular weight is 364 g/mol. The Hall–Kier alpha value is -2.40. The largest absolute Gasteiger partial charge is 0.493 e. The quantitative estimate of drug-likeness (QED) is 0.814. The molecule has 0 aliphatic carbocycles. The number of rotatable bonds is 7. The van der Waals surface area contributed by atoms with Crippen LogP contribution >= 0.6 is 11.6 Å². The van der Waals surface area contributed by atoms with Gasteiger partial charge in [0.1, 0.15) is 5.75 Å². The molecule has 0 aliphatic heterocycles. The Kier molecular flexibility index (Phi) is 6.53. The highest BCUT2D eigenvalue weighted by molar-refractivity contribution is 6.31. The molecule has 0 fully saturated rings. The molecule has 5 nitrogen and oxygen atoms in total. The lowest BCUT2D eigenvalue weighted by Gasteiger charge is -2.16. The lowest BCUT2D eigenvalue weighted by molar-refractivity contribution is -0.127. The fourth-order valence-corrected chi connectivity index (χ4v) is 2.52. The van der Waals surface area contributed by atoms with Crippen LogP contribution in [0.25, 0.3) is 0 Å². The molecular formula is C19H22ClNO4. The van der Waals surface area contributed by atoms with E-state index in [4.69, 9.17) is 25.8 Å². The number of methoxy groups -OCH3 is 2. The number of amides is 1. The summed E-state index contributed by atoms with van der Waals surface area (Å²) in [4.78, 5) is 12.3. The van der Waals surface area contributed by atoms with Gasteiger partial charge >= 0.3 is 0 Å². The number of nitrogens with one attached hydrogen (secondary N) is 1. The van der Waals surface area contributed by atoms with Gasteiger partial charge in [0.05, 0.1) is 14.2 Å². The van der Waals surface area contributed by atoms with E-state index in [-0.39, 0.29) is 12.5 Å². The first-order chi connectivity index (χ1) is 11.9. The lowest BCUT2D eigenvalue weighted by Crippen LogP contribution is -2.36. The van der Waals surface area contributed by atoms with Gasteiger partial charge in [-0.3, -0.25) is 4.79 Å². The molecule has 0 radical (unpaired) electrons. The molecular weight excluding hydrogens is 342 g/mol. The molecule has 2 aromatic carbocycles. The van der Waals surface area contributed by atoms with E-state index < -0.39 is 6.10 Å². The predicted octanol–water partition coefficient (Wildman–Crippen LogP) is 3.75. The molecule has 0 aliphatic rings. The number of ether oxygens (including phenoxy) is 3. The van der Waals surface area contributed by atoms with Gasteiger partial charge in [-0.15, -0.1) is 0 Å². The summed E-state index contributed by atoms with van der Waals surface area (Å²) in [6.45, 7) is 3.93. The van der Waals surface area contributed by atoms with E-state index in [0.717, 1.165) is 11.1 Å².